The summed E-state index contributed by atoms with van der Waals surface area (Å²) in [7, 11) is 0. The second-order valence-corrected chi connectivity index (χ2v) is 4.59. The number of nitrogens with two attached hydrogens (primary N) is 1. The average Bonchev–Trinajstić information content (AvgIpc) is 2.60. The molecule has 1 aromatic carbocycles. The predicted molar refractivity (Wildman–Crippen MR) is 66.2 cm³/mol. The Labute approximate surface area is 104 Å². The van der Waals surface area contributed by atoms with Gasteiger partial charge >= 0.3 is 0 Å². The van der Waals surface area contributed by atoms with Crippen molar-refractivity contribution < 1.29 is 14.7 Å². The van der Waals surface area contributed by atoms with E-state index in [-0.39, 0.29) is 5.84 Å². The van der Waals surface area contributed by atoms with Crippen molar-refractivity contribution in [2.45, 2.75) is 11.3 Å². The number of amidine groups is 1. The van der Waals surface area contributed by atoms with Gasteiger partial charge in [-0.25, -0.2) is 0 Å². The van der Waals surface area contributed by atoms with Crippen LogP contribution in [0.1, 0.15) is 6.42 Å². The van der Waals surface area contributed by atoms with Crippen LogP contribution in [0, 0.1) is 0 Å². The lowest BCUT2D eigenvalue weighted by Gasteiger charge is -2.08. The molecule has 1 heterocycles. The van der Waals surface area contributed by atoms with Crippen LogP contribution < -0.4 is 15.2 Å². The fourth-order valence-electron chi connectivity index (χ4n) is 1.42. The number of benzene rings is 1. The molecular weight excluding hydrogens is 240 g/mol. The highest BCUT2D eigenvalue weighted by molar-refractivity contribution is 8.00. The van der Waals surface area contributed by atoms with E-state index in [1.165, 1.54) is 11.8 Å². The van der Waals surface area contributed by atoms with Crippen molar-refractivity contribution in [3.05, 3.63) is 18.2 Å². The zero-order chi connectivity index (χ0) is 12.1. The molecule has 0 atom stereocenters. The molecule has 0 radical (unpaired) electrons. The zero-order valence-electron chi connectivity index (χ0n) is 9.26. The molecule has 0 spiro atoms. The molecule has 0 bridgehead atoms. The van der Waals surface area contributed by atoms with Gasteiger partial charge < -0.3 is 20.4 Å². The average molecular weight is 254 g/mol. The van der Waals surface area contributed by atoms with E-state index in [0.717, 1.165) is 22.8 Å². The van der Waals surface area contributed by atoms with Crippen LogP contribution in [-0.4, -0.2) is 30.0 Å². The van der Waals surface area contributed by atoms with Gasteiger partial charge in [0.15, 0.2) is 11.5 Å². The number of rotatable bonds is 3. The summed E-state index contributed by atoms with van der Waals surface area (Å²) in [5.41, 5.74) is 5.41. The van der Waals surface area contributed by atoms with Crippen molar-refractivity contribution >= 4 is 17.6 Å². The third-order valence-corrected chi connectivity index (χ3v) is 3.26. The summed E-state index contributed by atoms with van der Waals surface area (Å²) in [4.78, 5) is 1.00. The number of oxime groups is 1. The molecule has 1 aliphatic rings. The monoisotopic (exact) mass is 254 g/mol. The fraction of sp³-hybridized carbons (Fsp3) is 0.364. The van der Waals surface area contributed by atoms with Crippen LogP contribution in [0.5, 0.6) is 11.5 Å². The molecular formula is C11H14N2O3S. The third-order valence-electron chi connectivity index (χ3n) is 2.23. The molecule has 2 rings (SSSR count). The van der Waals surface area contributed by atoms with Gasteiger partial charge in [-0.15, -0.1) is 11.8 Å². The topological polar surface area (TPSA) is 77.1 Å². The lowest BCUT2D eigenvalue weighted by atomic mass is 10.3. The summed E-state index contributed by atoms with van der Waals surface area (Å²) < 4.78 is 11.1. The number of fused-ring (bicyclic) bond motifs is 1. The highest BCUT2D eigenvalue weighted by atomic mass is 32.2. The van der Waals surface area contributed by atoms with Crippen molar-refractivity contribution in [2.24, 2.45) is 10.9 Å². The molecule has 1 aromatic rings. The van der Waals surface area contributed by atoms with E-state index < -0.39 is 0 Å². The summed E-state index contributed by atoms with van der Waals surface area (Å²) in [6.07, 6.45) is 0.890. The van der Waals surface area contributed by atoms with Gasteiger partial charge in [0.2, 0.25) is 0 Å². The highest BCUT2D eigenvalue weighted by Gasteiger charge is 2.10. The quantitative estimate of drug-likeness (QED) is 0.282. The molecule has 1 aliphatic heterocycles. The van der Waals surface area contributed by atoms with E-state index >= 15 is 0 Å². The van der Waals surface area contributed by atoms with Crippen LogP contribution in [0.3, 0.4) is 0 Å². The SMILES string of the molecule is N/C(CSc1ccc2c(c1)OCCCO2)=N/O. The molecule has 0 aromatic heterocycles. The lowest BCUT2D eigenvalue weighted by molar-refractivity contribution is 0.297. The maximum Gasteiger partial charge on any atom is 0.162 e. The van der Waals surface area contributed by atoms with Crippen molar-refractivity contribution in [3.8, 4) is 11.5 Å². The van der Waals surface area contributed by atoms with Gasteiger partial charge in [-0.1, -0.05) is 5.16 Å². The minimum atomic E-state index is 0.196. The van der Waals surface area contributed by atoms with Crippen LogP contribution in [0.15, 0.2) is 28.3 Å². The van der Waals surface area contributed by atoms with Gasteiger partial charge in [-0.3, -0.25) is 0 Å². The van der Waals surface area contributed by atoms with Crippen LogP contribution in [-0.2, 0) is 0 Å². The Kier molecular flexibility index (Phi) is 3.98. The number of nitrogens with zero attached hydrogens (tertiary/aromatic N) is 1. The maximum absolute atomic E-state index is 8.45. The zero-order valence-corrected chi connectivity index (χ0v) is 10.1. The first-order valence-corrected chi connectivity index (χ1v) is 6.27. The molecule has 17 heavy (non-hydrogen) atoms. The molecule has 0 saturated carbocycles. The van der Waals surface area contributed by atoms with E-state index in [0.29, 0.717) is 19.0 Å². The van der Waals surface area contributed by atoms with E-state index in [1.807, 2.05) is 18.2 Å². The first kappa shape index (κ1) is 11.9. The van der Waals surface area contributed by atoms with Crippen LogP contribution in [0.2, 0.25) is 0 Å². The standard InChI is InChI=1S/C11H14N2O3S/c12-11(13-14)7-17-8-2-3-9-10(6-8)16-5-1-4-15-9/h2-3,6,14H,1,4-5,7H2,(H2,12,13). The van der Waals surface area contributed by atoms with Crippen molar-refractivity contribution in [3.63, 3.8) is 0 Å². The van der Waals surface area contributed by atoms with Crippen LogP contribution >= 0.6 is 11.8 Å². The minimum absolute atomic E-state index is 0.196. The van der Waals surface area contributed by atoms with Gasteiger partial charge in [0.25, 0.3) is 0 Å². The van der Waals surface area contributed by atoms with E-state index in [2.05, 4.69) is 5.16 Å². The molecule has 5 nitrogen and oxygen atoms in total. The Morgan fingerprint density at radius 3 is 2.88 bits per heavy atom. The normalized spacial score (nSPS) is 15.4. The molecule has 92 valence electrons. The number of ether oxygens (including phenoxy) is 2. The second kappa shape index (κ2) is 5.67. The van der Waals surface area contributed by atoms with Gasteiger partial charge in [0, 0.05) is 11.3 Å². The molecule has 6 heteroatoms. The summed E-state index contributed by atoms with van der Waals surface area (Å²) in [5, 5.41) is 11.4. The molecule has 0 fully saturated rings. The summed E-state index contributed by atoms with van der Waals surface area (Å²) in [6.45, 7) is 1.35. The summed E-state index contributed by atoms with van der Waals surface area (Å²) >= 11 is 1.48. The third kappa shape index (κ3) is 3.20. The molecule has 0 unspecified atom stereocenters. The Hall–Kier alpha value is -1.56. The van der Waals surface area contributed by atoms with E-state index in [9.17, 15) is 0 Å². The Morgan fingerprint density at radius 2 is 2.12 bits per heavy atom. The van der Waals surface area contributed by atoms with Crippen molar-refractivity contribution in [1.82, 2.24) is 0 Å². The number of hydrogen-bond acceptors (Lipinski definition) is 5. The number of hydrogen-bond donors (Lipinski definition) is 2. The smallest absolute Gasteiger partial charge is 0.162 e. The van der Waals surface area contributed by atoms with Gasteiger partial charge in [-0.05, 0) is 18.2 Å². The Balaban J connectivity index is 2.07. The molecule has 0 aliphatic carbocycles. The maximum atomic E-state index is 8.45. The van der Waals surface area contributed by atoms with Crippen LogP contribution in [0.25, 0.3) is 0 Å². The van der Waals surface area contributed by atoms with Gasteiger partial charge in [0.05, 0.1) is 19.0 Å². The van der Waals surface area contributed by atoms with Gasteiger partial charge in [-0.2, -0.15) is 0 Å². The van der Waals surface area contributed by atoms with Gasteiger partial charge in [0.1, 0.15) is 5.84 Å². The minimum Gasteiger partial charge on any atom is -0.490 e. The van der Waals surface area contributed by atoms with Crippen molar-refractivity contribution in [1.29, 1.82) is 0 Å². The van der Waals surface area contributed by atoms with E-state index in [1.54, 1.807) is 0 Å². The first-order chi connectivity index (χ1) is 8.29. The van der Waals surface area contributed by atoms with Crippen molar-refractivity contribution in [2.75, 3.05) is 19.0 Å². The van der Waals surface area contributed by atoms with Crippen LogP contribution in [0.4, 0.5) is 0 Å². The molecule has 0 amide bonds. The predicted octanol–water partition coefficient (Wildman–Crippen LogP) is 1.69. The molecule has 3 N–H and O–H groups in total. The number of thioether (sulfide) groups is 1. The summed E-state index contributed by atoms with van der Waals surface area (Å²) in [6, 6.07) is 5.73. The second-order valence-electron chi connectivity index (χ2n) is 3.54. The Morgan fingerprint density at radius 1 is 1.35 bits per heavy atom. The lowest BCUT2D eigenvalue weighted by Crippen LogP contribution is -2.14. The first-order valence-electron chi connectivity index (χ1n) is 5.28. The molecule has 0 saturated heterocycles. The largest absolute Gasteiger partial charge is 0.490 e. The highest BCUT2D eigenvalue weighted by Crippen LogP contribution is 2.33. The summed E-state index contributed by atoms with van der Waals surface area (Å²) in [5.74, 6) is 2.17. The fourth-order valence-corrected chi connectivity index (χ4v) is 2.15. The Bertz CT molecular complexity index is 423. The van der Waals surface area contributed by atoms with E-state index in [4.69, 9.17) is 20.4 Å².